The van der Waals surface area contributed by atoms with Gasteiger partial charge in [-0.1, -0.05) is 24.6 Å². The molecule has 8 nitrogen and oxygen atoms in total. The third-order valence-electron chi connectivity index (χ3n) is 4.95. The van der Waals surface area contributed by atoms with Gasteiger partial charge in [0, 0.05) is 38.2 Å². The van der Waals surface area contributed by atoms with Crippen LogP contribution in [0.5, 0.6) is 0 Å². The Labute approximate surface area is 195 Å². The molecule has 0 bridgehead atoms. The van der Waals surface area contributed by atoms with Gasteiger partial charge in [0.2, 0.25) is 5.91 Å². The molecule has 3 N–H and O–H groups in total. The highest BCUT2D eigenvalue weighted by Crippen LogP contribution is 2.16. The van der Waals surface area contributed by atoms with Crippen LogP contribution in [0.1, 0.15) is 44.6 Å². The third-order valence-corrected chi connectivity index (χ3v) is 4.95. The fourth-order valence-electron chi connectivity index (χ4n) is 3.43. The number of aliphatic imine (C=N–C) groups is 1. The quantitative estimate of drug-likeness (QED) is 0.213. The number of guanidine groups is 1. The van der Waals surface area contributed by atoms with Gasteiger partial charge in [-0.25, -0.2) is 9.98 Å². The van der Waals surface area contributed by atoms with Crippen LogP contribution in [0, 0.1) is 0 Å². The van der Waals surface area contributed by atoms with Crippen LogP contribution in [0.2, 0.25) is 0 Å². The zero-order valence-corrected chi connectivity index (χ0v) is 19.9. The molecule has 1 aliphatic heterocycles. The van der Waals surface area contributed by atoms with E-state index in [1.165, 1.54) is 6.33 Å². The first kappa shape index (κ1) is 24.1. The number of H-pyrrole nitrogens is 1. The van der Waals surface area contributed by atoms with Gasteiger partial charge in [-0.3, -0.25) is 9.89 Å². The van der Waals surface area contributed by atoms with Crippen LogP contribution in [0.25, 0.3) is 11.4 Å². The van der Waals surface area contributed by atoms with Crippen LogP contribution in [-0.2, 0) is 11.3 Å². The lowest BCUT2D eigenvalue weighted by Crippen LogP contribution is -2.39. The summed E-state index contributed by atoms with van der Waals surface area (Å²) in [5.74, 6) is 1.85. The molecule has 1 aliphatic rings. The molecule has 1 aromatic heterocycles. The SMILES string of the molecule is CCNC(=NCc1cccc(-c2ncn[nH]2)c1)NCCCN1CCCCCC1=O.I. The van der Waals surface area contributed by atoms with E-state index >= 15 is 0 Å². The molecule has 1 fully saturated rings. The fourth-order valence-corrected chi connectivity index (χ4v) is 3.43. The van der Waals surface area contributed by atoms with Crippen molar-refractivity contribution in [1.29, 1.82) is 0 Å². The number of amides is 1. The maximum Gasteiger partial charge on any atom is 0.222 e. The number of hydrogen-bond donors (Lipinski definition) is 3. The lowest BCUT2D eigenvalue weighted by molar-refractivity contribution is -0.130. The monoisotopic (exact) mass is 525 g/mol. The molecule has 1 aromatic carbocycles. The summed E-state index contributed by atoms with van der Waals surface area (Å²) in [6.07, 6.45) is 6.43. The Kier molecular flexibility index (Phi) is 10.6. The first-order valence-electron chi connectivity index (χ1n) is 10.5. The van der Waals surface area contributed by atoms with Gasteiger partial charge in [0.15, 0.2) is 11.8 Å². The Morgan fingerprint density at radius 2 is 2.17 bits per heavy atom. The van der Waals surface area contributed by atoms with Gasteiger partial charge >= 0.3 is 0 Å². The van der Waals surface area contributed by atoms with Crippen LogP contribution in [0.3, 0.4) is 0 Å². The van der Waals surface area contributed by atoms with Gasteiger partial charge in [0.05, 0.1) is 6.54 Å². The molecule has 9 heteroatoms. The van der Waals surface area contributed by atoms with E-state index in [1.807, 2.05) is 17.0 Å². The molecular weight excluding hydrogens is 493 g/mol. The summed E-state index contributed by atoms with van der Waals surface area (Å²) in [7, 11) is 0. The fraction of sp³-hybridized carbons (Fsp3) is 0.524. The molecule has 0 radical (unpaired) electrons. The van der Waals surface area contributed by atoms with E-state index in [4.69, 9.17) is 0 Å². The van der Waals surface area contributed by atoms with Gasteiger partial charge in [-0.2, -0.15) is 5.10 Å². The molecule has 2 aromatic rings. The van der Waals surface area contributed by atoms with Crippen molar-refractivity contribution in [3.63, 3.8) is 0 Å². The highest BCUT2D eigenvalue weighted by molar-refractivity contribution is 14.0. The number of likely N-dealkylation sites (tertiary alicyclic amines) is 1. The Hall–Kier alpha value is -2.17. The third kappa shape index (κ3) is 7.58. The van der Waals surface area contributed by atoms with E-state index in [0.717, 1.165) is 74.8 Å². The van der Waals surface area contributed by atoms with E-state index in [1.54, 1.807) is 0 Å². The maximum absolute atomic E-state index is 12.1. The predicted molar refractivity (Wildman–Crippen MR) is 130 cm³/mol. The number of carbonyl (C=O) groups excluding carboxylic acids is 1. The number of aromatic amines is 1. The summed E-state index contributed by atoms with van der Waals surface area (Å²) in [6.45, 7) is 5.92. The smallest absolute Gasteiger partial charge is 0.222 e. The minimum atomic E-state index is 0. The maximum atomic E-state index is 12.1. The summed E-state index contributed by atoms with van der Waals surface area (Å²) >= 11 is 0. The topological polar surface area (TPSA) is 98.3 Å². The van der Waals surface area contributed by atoms with Crippen LogP contribution in [0.15, 0.2) is 35.6 Å². The zero-order valence-electron chi connectivity index (χ0n) is 17.6. The summed E-state index contributed by atoms with van der Waals surface area (Å²) in [6, 6.07) is 8.12. The van der Waals surface area contributed by atoms with E-state index in [0.29, 0.717) is 18.9 Å². The largest absolute Gasteiger partial charge is 0.357 e. The molecule has 0 unspecified atom stereocenters. The van der Waals surface area contributed by atoms with E-state index in [9.17, 15) is 4.79 Å². The molecule has 0 aliphatic carbocycles. The second kappa shape index (κ2) is 13.2. The lowest BCUT2D eigenvalue weighted by Gasteiger charge is -2.20. The number of hydrogen-bond acceptors (Lipinski definition) is 4. The van der Waals surface area contributed by atoms with Gasteiger partial charge in [0.25, 0.3) is 0 Å². The van der Waals surface area contributed by atoms with Crippen molar-refractivity contribution in [3.8, 4) is 11.4 Å². The number of nitrogens with one attached hydrogen (secondary N) is 3. The van der Waals surface area contributed by atoms with Crippen LogP contribution in [0.4, 0.5) is 0 Å². The molecule has 1 saturated heterocycles. The zero-order chi connectivity index (χ0) is 20.3. The van der Waals surface area contributed by atoms with Crippen LogP contribution < -0.4 is 10.6 Å². The number of aromatic nitrogens is 3. The molecule has 3 rings (SSSR count). The molecule has 164 valence electrons. The summed E-state index contributed by atoms with van der Waals surface area (Å²) in [5, 5.41) is 13.4. The van der Waals surface area contributed by atoms with Gasteiger partial charge in [-0.15, -0.1) is 24.0 Å². The van der Waals surface area contributed by atoms with Crippen molar-refractivity contribution in [2.45, 2.75) is 45.6 Å². The lowest BCUT2D eigenvalue weighted by atomic mass is 10.1. The van der Waals surface area contributed by atoms with E-state index < -0.39 is 0 Å². The molecule has 0 saturated carbocycles. The van der Waals surface area contributed by atoms with Crippen molar-refractivity contribution >= 4 is 35.8 Å². The number of carbonyl (C=O) groups is 1. The van der Waals surface area contributed by atoms with Crippen molar-refractivity contribution in [1.82, 2.24) is 30.7 Å². The van der Waals surface area contributed by atoms with E-state index in [2.05, 4.69) is 49.9 Å². The normalized spacial score (nSPS) is 14.8. The highest BCUT2D eigenvalue weighted by atomic mass is 127. The van der Waals surface area contributed by atoms with E-state index in [-0.39, 0.29) is 24.0 Å². The number of halogens is 1. The number of rotatable bonds is 8. The first-order chi connectivity index (χ1) is 14.3. The molecule has 30 heavy (non-hydrogen) atoms. The van der Waals surface area contributed by atoms with Crippen molar-refractivity contribution < 1.29 is 4.79 Å². The Balaban J connectivity index is 0.00000320. The molecule has 0 spiro atoms. The molecular formula is C21H32IN7O. The van der Waals surface area contributed by atoms with Crippen molar-refractivity contribution in [2.24, 2.45) is 4.99 Å². The predicted octanol–water partition coefficient (Wildman–Crippen LogP) is 2.94. The molecule has 2 heterocycles. The minimum absolute atomic E-state index is 0. The summed E-state index contributed by atoms with van der Waals surface area (Å²) in [4.78, 5) is 23.0. The van der Waals surface area contributed by atoms with Gasteiger partial charge in [-0.05, 0) is 37.8 Å². The van der Waals surface area contributed by atoms with Crippen LogP contribution in [-0.4, -0.2) is 58.1 Å². The minimum Gasteiger partial charge on any atom is -0.357 e. The average Bonchev–Trinajstić information content (AvgIpc) is 3.20. The summed E-state index contributed by atoms with van der Waals surface area (Å²) in [5.41, 5.74) is 2.10. The molecule has 1 amide bonds. The van der Waals surface area contributed by atoms with Gasteiger partial charge in [0.1, 0.15) is 6.33 Å². The highest BCUT2D eigenvalue weighted by Gasteiger charge is 2.15. The summed E-state index contributed by atoms with van der Waals surface area (Å²) < 4.78 is 0. The number of nitrogens with zero attached hydrogens (tertiary/aromatic N) is 4. The number of benzene rings is 1. The Morgan fingerprint density at radius 3 is 2.97 bits per heavy atom. The van der Waals surface area contributed by atoms with Gasteiger partial charge < -0.3 is 15.5 Å². The average molecular weight is 525 g/mol. The van der Waals surface area contributed by atoms with Crippen molar-refractivity contribution in [3.05, 3.63) is 36.2 Å². The van der Waals surface area contributed by atoms with Crippen molar-refractivity contribution in [2.75, 3.05) is 26.2 Å². The first-order valence-corrected chi connectivity index (χ1v) is 10.5. The Bertz CT molecular complexity index is 794. The second-order valence-corrected chi connectivity index (χ2v) is 7.20. The second-order valence-electron chi connectivity index (χ2n) is 7.20. The molecule has 0 atom stereocenters. The Morgan fingerprint density at radius 1 is 1.27 bits per heavy atom. The van der Waals surface area contributed by atoms with Crippen LogP contribution >= 0.6 is 24.0 Å². The standard InChI is InChI=1S/C21H31N7O.HI/c1-2-22-21(23-11-7-13-28-12-5-3-4-10-19(28)29)24-15-17-8-6-9-18(14-17)20-25-16-26-27-20;/h6,8-9,14,16H,2-5,7,10-13,15H2,1H3,(H2,22,23,24)(H,25,26,27);1H.